The first-order valence-electron chi connectivity index (χ1n) is 9.75. The van der Waals surface area contributed by atoms with Gasteiger partial charge < -0.3 is 9.80 Å². The lowest BCUT2D eigenvalue weighted by Gasteiger charge is -2.34. The Morgan fingerprint density at radius 1 is 1.14 bits per heavy atom. The van der Waals surface area contributed by atoms with Crippen LogP contribution in [-0.2, 0) is 11.3 Å². The van der Waals surface area contributed by atoms with Crippen LogP contribution in [0.2, 0.25) is 5.02 Å². The Balaban J connectivity index is 1.54. The number of benzene rings is 1. The largest absolute Gasteiger partial charge is 0.339 e. The van der Waals surface area contributed by atoms with Gasteiger partial charge in [0, 0.05) is 43.0 Å². The van der Waals surface area contributed by atoms with Gasteiger partial charge in [-0.2, -0.15) is 5.10 Å². The number of rotatable bonds is 4. The molecule has 1 aliphatic heterocycles. The number of thiophene rings is 1. The number of fused-ring (bicyclic) bond motifs is 1. The molecule has 29 heavy (non-hydrogen) atoms. The second-order valence-electron chi connectivity index (χ2n) is 7.19. The summed E-state index contributed by atoms with van der Waals surface area (Å²) in [6.45, 7) is 6.74. The summed E-state index contributed by atoms with van der Waals surface area (Å²) in [6, 6.07) is 9.67. The van der Waals surface area contributed by atoms with E-state index in [4.69, 9.17) is 11.6 Å². The Morgan fingerprint density at radius 3 is 2.52 bits per heavy atom. The van der Waals surface area contributed by atoms with Crippen molar-refractivity contribution in [3.05, 3.63) is 51.5 Å². The molecule has 1 saturated heterocycles. The van der Waals surface area contributed by atoms with Crippen molar-refractivity contribution in [2.24, 2.45) is 0 Å². The van der Waals surface area contributed by atoms with Crippen molar-refractivity contribution in [2.45, 2.75) is 26.8 Å². The summed E-state index contributed by atoms with van der Waals surface area (Å²) in [7, 11) is 0. The fraction of sp³-hybridized carbons (Fsp3) is 0.381. The van der Waals surface area contributed by atoms with Gasteiger partial charge in [0.05, 0.1) is 17.1 Å². The Kier molecular flexibility index (Phi) is 5.61. The summed E-state index contributed by atoms with van der Waals surface area (Å²) in [4.78, 5) is 30.2. The fourth-order valence-corrected chi connectivity index (χ4v) is 4.98. The molecule has 0 radical (unpaired) electrons. The van der Waals surface area contributed by atoms with E-state index in [0.29, 0.717) is 49.0 Å². The number of amides is 2. The number of nitrogens with zero attached hydrogens (tertiary/aromatic N) is 4. The van der Waals surface area contributed by atoms with Crippen LogP contribution in [0, 0.1) is 6.92 Å². The van der Waals surface area contributed by atoms with E-state index in [1.807, 2.05) is 58.7 Å². The normalized spacial score (nSPS) is 14.6. The van der Waals surface area contributed by atoms with Crippen LogP contribution in [0.5, 0.6) is 0 Å². The highest BCUT2D eigenvalue weighted by Crippen LogP contribution is 2.30. The third-order valence-electron chi connectivity index (χ3n) is 5.32. The number of carbonyl (C=O) groups is 2. The molecule has 0 saturated carbocycles. The molecule has 4 rings (SSSR count). The number of carbonyl (C=O) groups excluding carboxylic acids is 2. The van der Waals surface area contributed by atoms with E-state index in [9.17, 15) is 9.59 Å². The molecule has 3 heterocycles. The Bertz CT molecular complexity index is 1070. The number of piperazine rings is 1. The topological polar surface area (TPSA) is 58.4 Å². The molecule has 0 aliphatic carbocycles. The van der Waals surface area contributed by atoms with Crippen LogP contribution in [0.4, 0.5) is 0 Å². The maximum Gasteiger partial charge on any atom is 0.264 e. The van der Waals surface area contributed by atoms with E-state index >= 15 is 0 Å². The zero-order valence-electron chi connectivity index (χ0n) is 16.5. The van der Waals surface area contributed by atoms with E-state index in [1.54, 1.807) is 0 Å². The molecule has 8 heteroatoms. The standard InChI is InChI=1S/C21H23ClN4O2S/c1-3-19(27)24-8-10-25(11-9-24)20(28)18-12-16-14(2)23-26(21(16)29-18)13-15-6-4-5-7-17(15)22/h4-7,12H,3,8-11,13H2,1-2H3. The van der Waals surface area contributed by atoms with E-state index in [2.05, 4.69) is 5.10 Å². The number of hydrogen-bond donors (Lipinski definition) is 0. The van der Waals surface area contributed by atoms with Crippen LogP contribution in [0.15, 0.2) is 30.3 Å². The minimum Gasteiger partial charge on any atom is -0.339 e. The van der Waals surface area contributed by atoms with Crippen molar-refractivity contribution >= 4 is 45.0 Å². The van der Waals surface area contributed by atoms with Gasteiger partial charge in [0.15, 0.2) is 0 Å². The van der Waals surface area contributed by atoms with Crippen molar-refractivity contribution < 1.29 is 9.59 Å². The molecule has 0 atom stereocenters. The van der Waals surface area contributed by atoms with Gasteiger partial charge in [0.1, 0.15) is 4.83 Å². The molecule has 0 unspecified atom stereocenters. The fourth-order valence-electron chi connectivity index (χ4n) is 3.65. The molecular weight excluding hydrogens is 408 g/mol. The minimum atomic E-state index is 0.0264. The Morgan fingerprint density at radius 2 is 1.83 bits per heavy atom. The SMILES string of the molecule is CCC(=O)N1CCN(C(=O)c2cc3c(C)nn(Cc4ccccc4Cl)c3s2)CC1. The van der Waals surface area contributed by atoms with Gasteiger partial charge in [0.2, 0.25) is 5.91 Å². The second kappa shape index (κ2) is 8.16. The molecule has 3 aromatic rings. The second-order valence-corrected chi connectivity index (χ2v) is 8.63. The number of aryl methyl sites for hydroxylation is 1. The van der Waals surface area contributed by atoms with Crippen molar-refractivity contribution in [1.29, 1.82) is 0 Å². The first-order valence-corrected chi connectivity index (χ1v) is 10.9. The maximum atomic E-state index is 13.0. The monoisotopic (exact) mass is 430 g/mol. The first-order chi connectivity index (χ1) is 14.0. The molecule has 0 N–H and O–H groups in total. The smallest absolute Gasteiger partial charge is 0.264 e. The van der Waals surface area contributed by atoms with Crippen LogP contribution >= 0.6 is 22.9 Å². The van der Waals surface area contributed by atoms with Gasteiger partial charge in [-0.3, -0.25) is 14.3 Å². The summed E-state index contributed by atoms with van der Waals surface area (Å²) in [5, 5.41) is 6.35. The van der Waals surface area contributed by atoms with Gasteiger partial charge in [-0.1, -0.05) is 36.7 Å². The van der Waals surface area contributed by atoms with E-state index in [1.165, 1.54) is 11.3 Å². The predicted octanol–water partition coefficient (Wildman–Crippen LogP) is 3.80. The van der Waals surface area contributed by atoms with E-state index in [-0.39, 0.29) is 11.8 Å². The van der Waals surface area contributed by atoms with Crippen molar-refractivity contribution in [3.63, 3.8) is 0 Å². The number of hydrogen-bond acceptors (Lipinski definition) is 4. The van der Waals surface area contributed by atoms with Gasteiger partial charge in [0.25, 0.3) is 5.91 Å². The molecule has 6 nitrogen and oxygen atoms in total. The van der Waals surface area contributed by atoms with Crippen LogP contribution in [0.3, 0.4) is 0 Å². The lowest BCUT2D eigenvalue weighted by molar-refractivity contribution is -0.132. The molecule has 2 amide bonds. The zero-order valence-corrected chi connectivity index (χ0v) is 18.1. The average molecular weight is 431 g/mol. The average Bonchev–Trinajstić information content (AvgIpc) is 3.30. The minimum absolute atomic E-state index is 0.0264. The maximum absolute atomic E-state index is 13.0. The number of aromatic nitrogens is 2. The Labute approximate surface area is 178 Å². The molecule has 1 aromatic carbocycles. The Hall–Kier alpha value is -2.38. The molecular formula is C21H23ClN4O2S. The van der Waals surface area contributed by atoms with Gasteiger partial charge in [-0.15, -0.1) is 11.3 Å². The lowest BCUT2D eigenvalue weighted by atomic mass is 10.2. The van der Waals surface area contributed by atoms with Crippen molar-refractivity contribution in [1.82, 2.24) is 19.6 Å². The molecule has 2 aromatic heterocycles. The van der Waals surface area contributed by atoms with E-state index < -0.39 is 0 Å². The van der Waals surface area contributed by atoms with Crippen LogP contribution in [0.25, 0.3) is 10.2 Å². The highest BCUT2D eigenvalue weighted by atomic mass is 35.5. The first kappa shape index (κ1) is 19.9. The summed E-state index contributed by atoms with van der Waals surface area (Å²) >= 11 is 7.78. The van der Waals surface area contributed by atoms with Crippen LogP contribution < -0.4 is 0 Å². The third kappa shape index (κ3) is 3.89. The van der Waals surface area contributed by atoms with Gasteiger partial charge in [-0.25, -0.2) is 0 Å². The van der Waals surface area contributed by atoms with E-state index in [0.717, 1.165) is 21.5 Å². The molecule has 1 aliphatic rings. The highest BCUT2D eigenvalue weighted by molar-refractivity contribution is 7.20. The van der Waals surface area contributed by atoms with Crippen molar-refractivity contribution in [3.8, 4) is 0 Å². The van der Waals surface area contributed by atoms with Gasteiger partial charge >= 0.3 is 0 Å². The van der Waals surface area contributed by atoms with Gasteiger partial charge in [-0.05, 0) is 24.6 Å². The third-order valence-corrected chi connectivity index (χ3v) is 6.82. The summed E-state index contributed by atoms with van der Waals surface area (Å²) < 4.78 is 1.92. The number of halogens is 1. The quantitative estimate of drug-likeness (QED) is 0.632. The highest BCUT2D eigenvalue weighted by Gasteiger charge is 2.26. The molecule has 0 bridgehead atoms. The zero-order chi connectivity index (χ0) is 20.5. The summed E-state index contributed by atoms with van der Waals surface area (Å²) in [5.41, 5.74) is 1.90. The van der Waals surface area contributed by atoms with Crippen LogP contribution in [-0.4, -0.2) is 57.6 Å². The summed E-state index contributed by atoms with van der Waals surface area (Å²) in [6.07, 6.45) is 0.505. The molecule has 152 valence electrons. The molecule has 1 fully saturated rings. The predicted molar refractivity (Wildman–Crippen MR) is 116 cm³/mol. The van der Waals surface area contributed by atoms with Crippen molar-refractivity contribution in [2.75, 3.05) is 26.2 Å². The molecule has 0 spiro atoms. The lowest BCUT2D eigenvalue weighted by Crippen LogP contribution is -2.50. The van der Waals surface area contributed by atoms with Crippen LogP contribution in [0.1, 0.15) is 34.3 Å². The summed E-state index contributed by atoms with van der Waals surface area (Å²) in [5.74, 6) is 0.174.